The molecule has 6 atom stereocenters. The van der Waals surface area contributed by atoms with Crippen LogP contribution in [-0.2, 0) is 0 Å². The molecular weight excluding hydrogens is 276 g/mol. The van der Waals surface area contributed by atoms with Crippen molar-refractivity contribution in [2.24, 2.45) is 38.2 Å². The first-order valence-corrected chi connectivity index (χ1v) is 8.81. The van der Waals surface area contributed by atoms with E-state index in [1.54, 1.807) is 0 Å². The minimum atomic E-state index is -0.860. The van der Waals surface area contributed by atoms with Crippen LogP contribution in [0.2, 0.25) is 5.31 Å². The zero-order chi connectivity index (χ0) is 18.7. The fourth-order valence-corrected chi connectivity index (χ4v) is 7.69. The highest BCUT2D eigenvalue weighted by atomic mass is 15.1. The highest BCUT2D eigenvalue weighted by Gasteiger charge is 3.03. The SMILES string of the molecule is [B]C(C)(N)C1(C(C)(C=C)C(C)(C)C)C2(C)C([B])(C)C(C)(C)C21C. The Balaban J connectivity index is 2.93. The highest BCUT2D eigenvalue weighted by molar-refractivity contribution is 6.21. The third kappa shape index (κ3) is 1.28. The summed E-state index contributed by atoms with van der Waals surface area (Å²) in [7, 11) is 13.7. The van der Waals surface area contributed by atoms with Gasteiger partial charge < -0.3 is 5.73 Å². The average Bonchev–Trinajstić information content (AvgIpc) is 2.81. The van der Waals surface area contributed by atoms with E-state index < -0.39 is 5.44 Å². The van der Waals surface area contributed by atoms with Gasteiger partial charge in [-0.05, 0) is 32.5 Å². The van der Waals surface area contributed by atoms with Crippen molar-refractivity contribution in [3.8, 4) is 0 Å². The summed E-state index contributed by atoms with van der Waals surface area (Å²) in [5, 5.41) is -0.343. The highest BCUT2D eigenvalue weighted by Crippen LogP contribution is 3.07. The van der Waals surface area contributed by atoms with Gasteiger partial charge in [-0.2, -0.15) is 0 Å². The molecule has 0 bridgehead atoms. The van der Waals surface area contributed by atoms with Crippen molar-refractivity contribution in [2.75, 3.05) is 0 Å². The van der Waals surface area contributed by atoms with E-state index in [1.807, 2.05) is 6.92 Å². The predicted octanol–water partition coefficient (Wildman–Crippen LogP) is 4.47. The maximum atomic E-state index is 6.93. The molecule has 0 saturated heterocycles. The Morgan fingerprint density at radius 1 is 0.913 bits per heavy atom. The lowest BCUT2D eigenvalue weighted by Crippen LogP contribution is -2.60. The van der Waals surface area contributed by atoms with Gasteiger partial charge in [0.1, 0.15) is 0 Å². The summed E-state index contributed by atoms with van der Waals surface area (Å²) in [4.78, 5) is 0. The second kappa shape index (κ2) is 3.97. The average molecular weight is 311 g/mol. The van der Waals surface area contributed by atoms with Crippen LogP contribution >= 0.6 is 0 Å². The molecule has 3 heteroatoms. The minimum Gasteiger partial charge on any atom is -0.333 e. The zero-order valence-electron chi connectivity index (χ0n) is 17.0. The summed E-state index contributed by atoms with van der Waals surface area (Å²) in [6.07, 6.45) is 2.09. The van der Waals surface area contributed by atoms with Crippen molar-refractivity contribution < 1.29 is 0 Å². The van der Waals surface area contributed by atoms with Gasteiger partial charge in [0.25, 0.3) is 0 Å². The van der Waals surface area contributed by atoms with E-state index in [2.05, 4.69) is 75.0 Å². The molecule has 2 saturated carbocycles. The van der Waals surface area contributed by atoms with E-state index in [9.17, 15) is 0 Å². The smallest absolute Gasteiger partial charge is 0.0955 e. The molecule has 0 aromatic rings. The number of nitrogens with two attached hydrogens (primary N) is 1. The third-order valence-electron chi connectivity index (χ3n) is 9.58. The van der Waals surface area contributed by atoms with Gasteiger partial charge >= 0.3 is 0 Å². The summed E-state index contributed by atoms with van der Waals surface area (Å²) in [6, 6.07) is 0. The quantitative estimate of drug-likeness (QED) is 0.604. The molecule has 23 heavy (non-hydrogen) atoms. The van der Waals surface area contributed by atoms with Crippen LogP contribution in [0.1, 0.15) is 69.2 Å². The van der Waals surface area contributed by atoms with Crippen molar-refractivity contribution >= 4 is 15.7 Å². The molecule has 1 nitrogen and oxygen atoms in total. The van der Waals surface area contributed by atoms with E-state index in [0.717, 1.165) is 0 Å². The Bertz CT molecular complexity index is 537. The monoisotopic (exact) mass is 311 g/mol. The fourth-order valence-electron chi connectivity index (χ4n) is 7.69. The second-order valence-electron chi connectivity index (χ2n) is 10.8. The topological polar surface area (TPSA) is 26.0 Å². The molecule has 0 spiro atoms. The van der Waals surface area contributed by atoms with Crippen LogP contribution in [0, 0.1) is 32.5 Å². The van der Waals surface area contributed by atoms with Crippen LogP contribution in [0.3, 0.4) is 0 Å². The summed E-state index contributed by atoms with van der Waals surface area (Å²) in [6.45, 7) is 26.6. The number of allylic oxidation sites excluding steroid dienone is 1. The Labute approximate surface area is 147 Å². The van der Waals surface area contributed by atoms with Gasteiger partial charge in [-0.1, -0.05) is 80.6 Å². The largest absolute Gasteiger partial charge is 0.333 e. The zero-order valence-corrected chi connectivity index (χ0v) is 17.0. The Hall–Kier alpha value is -0.170. The first kappa shape index (κ1) is 19.2. The predicted molar refractivity (Wildman–Crippen MR) is 103 cm³/mol. The number of hydrogen-bond acceptors (Lipinski definition) is 1. The van der Waals surface area contributed by atoms with Gasteiger partial charge in [-0.15, -0.1) is 6.58 Å². The van der Waals surface area contributed by atoms with Gasteiger partial charge in [-0.3, -0.25) is 0 Å². The molecule has 6 unspecified atom stereocenters. The number of hydrogen-bond donors (Lipinski definition) is 1. The summed E-state index contributed by atoms with van der Waals surface area (Å²) in [5.74, 6) is 0. The molecule has 2 aliphatic carbocycles. The molecule has 2 aliphatic rings. The lowest BCUT2D eigenvalue weighted by atomic mass is 9.34. The first-order valence-electron chi connectivity index (χ1n) is 8.81. The van der Waals surface area contributed by atoms with Gasteiger partial charge in [0.05, 0.1) is 15.7 Å². The molecule has 126 valence electrons. The lowest BCUT2D eigenvalue weighted by Gasteiger charge is -2.63. The first-order chi connectivity index (χ1) is 9.81. The molecule has 0 aliphatic heterocycles. The molecular formula is C20H35B2N. The second-order valence-corrected chi connectivity index (χ2v) is 10.8. The van der Waals surface area contributed by atoms with Gasteiger partial charge in [0, 0.05) is 5.41 Å². The Morgan fingerprint density at radius 2 is 1.30 bits per heavy atom. The van der Waals surface area contributed by atoms with Crippen molar-refractivity contribution in [3.63, 3.8) is 0 Å². The van der Waals surface area contributed by atoms with Crippen LogP contribution in [0.5, 0.6) is 0 Å². The molecule has 0 aromatic heterocycles. The van der Waals surface area contributed by atoms with Crippen LogP contribution in [0.15, 0.2) is 12.7 Å². The van der Waals surface area contributed by atoms with Crippen LogP contribution in [0.4, 0.5) is 0 Å². The maximum Gasteiger partial charge on any atom is 0.0955 e. The van der Waals surface area contributed by atoms with Gasteiger partial charge in [-0.25, -0.2) is 0 Å². The molecule has 2 rings (SSSR count). The van der Waals surface area contributed by atoms with Gasteiger partial charge in [0.15, 0.2) is 0 Å². The number of rotatable bonds is 3. The van der Waals surface area contributed by atoms with Crippen LogP contribution in [0.25, 0.3) is 0 Å². The van der Waals surface area contributed by atoms with E-state index in [1.165, 1.54) is 0 Å². The Kier molecular flexibility index (Phi) is 3.31. The summed E-state index contributed by atoms with van der Waals surface area (Å²) < 4.78 is 0. The standard InChI is InChI=1S/C20H35B2N/c1-12-15(7,13(2,3)4)20(19(11,22)23)16(8)14(5,6)18(10,21)17(16,20)9/h12H,1,23H2,2-11H3. The Morgan fingerprint density at radius 3 is 1.48 bits per heavy atom. The minimum absolute atomic E-state index is 0.0374. The summed E-state index contributed by atoms with van der Waals surface area (Å²) >= 11 is 0. The van der Waals surface area contributed by atoms with Gasteiger partial charge in [0.2, 0.25) is 0 Å². The molecule has 0 aromatic carbocycles. The normalized spacial score (nSPS) is 50.0. The van der Waals surface area contributed by atoms with Crippen LogP contribution in [-0.4, -0.2) is 21.1 Å². The molecule has 4 radical (unpaired) electrons. The van der Waals surface area contributed by atoms with Crippen molar-refractivity contribution in [1.29, 1.82) is 0 Å². The van der Waals surface area contributed by atoms with E-state index in [-0.39, 0.29) is 37.8 Å². The molecule has 2 fully saturated rings. The van der Waals surface area contributed by atoms with E-state index >= 15 is 0 Å². The summed E-state index contributed by atoms with van der Waals surface area (Å²) in [5.41, 5.74) is 4.99. The van der Waals surface area contributed by atoms with Crippen LogP contribution < -0.4 is 5.73 Å². The lowest BCUT2D eigenvalue weighted by molar-refractivity contribution is -0.0512. The van der Waals surface area contributed by atoms with Crippen molar-refractivity contribution in [2.45, 2.75) is 80.0 Å². The van der Waals surface area contributed by atoms with E-state index in [0.29, 0.717) is 0 Å². The fraction of sp³-hybridized carbons (Fsp3) is 0.900. The maximum absolute atomic E-state index is 6.93. The molecule has 0 amide bonds. The van der Waals surface area contributed by atoms with Crippen molar-refractivity contribution in [3.05, 3.63) is 12.7 Å². The van der Waals surface area contributed by atoms with Crippen molar-refractivity contribution in [1.82, 2.24) is 0 Å². The molecule has 0 heterocycles. The molecule has 2 N–H and O–H groups in total. The number of fused-ring (bicyclic) bond motifs is 1. The third-order valence-corrected chi connectivity index (χ3v) is 9.58. The van der Waals surface area contributed by atoms with E-state index in [4.69, 9.17) is 21.4 Å².